The van der Waals surface area contributed by atoms with Gasteiger partial charge in [-0.25, -0.2) is 0 Å². The lowest BCUT2D eigenvalue weighted by atomic mass is 9.82. The molecule has 0 aliphatic carbocycles. The van der Waals surface area contributed by atoms with E-state index in [0.717, 1.165) is 27.1 Å². The molecule has 0 radical (unpaired) electrons. The lowest BCUT2D eigenvalue weighted by molar-refractivity contribution is 0.108. The number of carbonyl (C=O) groups is 1. The van der Waals surface area contributed by atoms with Crippen molar-refractivity contribution in [2.45, 2.75) is 33.1 Å². The van der Waals surface area contributed by atoms with Crippen LogP contribution in [0.25, 0.3) is 32.3 Å². The molecule has 1 nitrogen and oxygen atoms in total. The molecule has 0 atom stereocenters. The summed E-state index contributed by atoms with van der Waals surface area (Å²) in [6.07, 6.45) is 0. The van der Waals surface area contributed by atoms with Crippen LogP contribution in [-0.2, 0) is 5.41 Å². The van der Waals surface area contributed by atoms with E-state index in [9.17, 15) is 4.79 Å². The third-order valence-electron chi connectivity index (χ3n) is 4.87. The standard InChI is InChI=1S/C22H19ClO/c1-12-7-13-5-6-14-9-16(22(2,3)4)10-15-11-18(21(23)24)17(8-12)20(13)19(14)15/h5-11H,1-4H3. The van der Waals surface area contributed by atoms with E-state index >= 15 is 0 Å². The van der Waals surface area contributed by atoms with Crippen molar-refractivity contribution in [3.05, 3.63) is 59.2 Å². The summed E-state index contributed by atoms with van der Waals surface area (Å²) >= 11 is 5.92. The molecule has 2 heteroatoms. The molecule has 0 aliphatic rings. The van der Waals surface area contributed by atoms with Crippen LogP contribution in [0.5, 0.6) is 0 Å². The van der Waals surface area contributed by atoms with Crippen LogP contribution < -0.4 is 0 Å². The number of hydrogen-bond acceptors (Lipinski definition) is 1. The van der Waals surface area contributed by atoms with Gasteiger partial charge in [0.25, 0.3) is 5.24 Å². The highest BCUT2D eigenvalue weighted by Crippen LogP contribution is 2.40. The predicted octanol–water partition coefficient (Wildman–Crippen LogP) is 6.57. The van der Waals surface area contributed by atoms with E-state index in [4.69, 9.17) is 11.6 Å². The normalized spacial score (nSPS) is 12.5. The molecule has 0 aromatic heterocycles. The van der Waals surface area contributed by atoms with Gasteiger partial charge in [0.05, 0.1) is 0 Å². The van der Waals surface area contributed by atoms with Crippen molar-refractivity contribution in [2.24, 2.45) is 0 Å². The van der Waals surface area contributed by atoms with Gasteiger partial charge in [0.1, 0.15) is 0 Å². The monoisotopic (exact) mass is 334 g/mol. The molecule has 4 rings (SSSR count). The van der Waals surface area contributed by atoms with Crippen molar-refractivity contribution in [3.8, 4) is 0 Å². The van der Waals surface area contributed by atoms with E-state index in [2.05, 4.69) is 64.1 Å². The fourth-order valence-electron chi connectivity index (χ4n) is 3.67. The number of aryl methyl sites for hydroxylation is 1. The highest BCUT2D eigenvalue weighted by Gasteiger charge is 2.19. The first-order chi connectivity index (χ1) is 11.3. The van der Waals surface area contributed by atoms with Gasteiger partial charge in [-0.2, -0.15) is 0 Å². The van der Waals surface area contributed by atoms with Crippen molar-refractivity contribution in [2.75, 3.05) is 0 Å². The summed E-state index contributed by atoms with van der Waals surface area (Å²) in [4.78, 5) is 12.1. The Morgan fingerprint density at radius 3 is 2.12 bits per heavy atom. The second-order valence-electron chi connectivity index (χ2n) is 7.72. The maximum absolute atomic E-state index is 12.1. The molecule has 0 unspecified atom stereocenters. The first-order valence-electron chi connectivity index (χ1n) is 8.19. The lowest BCUT2D eigenvalue weighted by Gasteiger charge is -2.22. The van der Waals surface area contributed by atoms with Gasteiger partial charge in [-0.15, -0.1) is 0 Å². The minimum Gasteiger partial charge on any atom is -0.276 e. The second kappa shape index (κ2) is 4.94. The fourth-order valence-corrected chi connectivity index (χ4v) is 3.82. The summed E-state index contributed by atoms with van der Waals surface area (Å²) < 4.78 is 0. The molecule has 0 aliphatic heterocycles. The largest absolute Gasteiger partial charge is 0.276 e. The molecule has 0 saturated carbocycles. The summed E-state index contributed by atoms with van der Waals surface area (Å²) in [5.41, 5.74) is 3.04. The van der Waals surface area contributed by atoms with Crippen LogP contribution in [0.2, 0.25) is 0 Å². The first-order valence-corrected chi connectivity index (χ1v) is 8.57. The average Bonchev–Trinajstić information content (AvgIpc) is 2.50. The highest BCUT2D eigenvalue weighted by atomic mass is 35.5. The summed E-state index contributed by atoms with van der Waals surface area (Å²) in [7, 11) is 0. The van der Waals surface area contributed by atoms with Gasteiger partial charge in [-0.3, -0.25) is 4.79 Å². The van der Waals surface area contributed by atoms with Crippen molar-refractivity contribution in [1.82, 2.24) is 0 Å². The van der Waals surface area contributed by atoms with E-state index < -0.39 is 5.24 Å². The van der Waals surface area contributed by atoms with Gasteiger partial charge in [-0.1, -0.05) is 57.2 Å². The lowest BCUT2D eigenvalue weighted by Crippen LogP contribution is -2.11. The van der Waals surface area contributed by atoms with E-state index in [-0.39, 0.29) is 5.41 Å². The number of benzene rings is 4. The van der Waals surface area contributed by atoms with Crippen LogP contribution in [0.1, 0.15) is 42.3 Å². The van der Waals surface area contributed by atoms with Crippen molar-refractivity contribution in [1.29, 1.82) is 0 Å². The van der Waals surface area contributed by atoms with Crippen molar-refractivity contribution < 1.29 is 4.79 Å². The van der Waals surface area contributed by atoms with Crippen LogP contribution in [-0.4, -0.2) is 5.24 Å². The average molecular weight is 335 g/mol. The molecule has 4 aromatic carbocycles. The van der Waals surface area contributed by atoms with Gasteiger partial charge >= 0.3 is 0 Å². The SMILES string of the molecule is Cc1cc2ccc3cc(C(C)(C)C)cc4cc(C(=O)Cl)c(c1)c2c34. The highest BCUT2D eigenvalue weighted by molar-refractivity contribution is 6.69. The summed E-state index contributed by atoms with van der Waals surface area (Å²) in [6, 6.07) is 15.0. The Labute approximate surface area is 146 Å². The van der Waals surface area contributed by atoms with Crippen molar-refractivity contribution >= 4 is 49.2 Å². The molecule has 0 amide bonds. The maximum atomic E-state index is 12.1. The van der Waals surface area contributed by atoms with Gasteiger partial charge in [0, 0.05) is 5.56 Å². The van der Waals surface area contributed by atoms with E-state index in [0.29, 0.717) is 5.56 Å². The van der Waals surface area contributed by atoms with Gasteiger partial charge < -0.3 is 0 Å². The number of halogens is 1. The zero-order chi connectivity index (χ0) is 17.2. The molecule has 0 spiro atoms. The predicted molar refractivity (Wildman–Crippen MR) is 104 cm³/mol. The quantitative estimate of drug-likeness (QED) is 0.284. The third kappa shape index (κ3) is 2.19. The third-order valence-corrected chi connectivity index (χ3v) is 5.08. The first kappa shape index (κ1) is 15.4. The molecule has 0 N–H and O–H groups in total. The molecule has 0 bridgehead atoms. The molecular weight excluding hydrogens is 316 g/mol. The Bertz CT molecular complexity index is 1120. The summed E-state index contributed by atoms with van der Waals surface area (Å²) in [6.45, 7) is 8.67. The smallest absolute Gasteiger partial charge is 0.253 e. The zero-order valence-electron chi connectivity index (χ0n) is 14.3. The Kier molecular flexibility index (Phi) is 3.17. The van der Waals surface area contributed by atoms with Gasteiger partial charge in [0.2, 0.25) is 0 Å². The minimum atomic E-state index is -0.397. The minimum absolute atomic E-state index is 0.0478. The zero-order valence-corrected chi connectivity index (χ0v) is 15.1. The van der Waals surface area contributed by atoms with Crippen LogP contribution in [0.4, 0.5) is 0 Å². The fraction of sp³-hybridized carbons (Fsp3) is 0.227. The molecule has 24 heavy (non-hydrogen) atoms. The maximum Gasteiger partial charge on any atom is 0.253 e. The summed E-state index contributed by atoms with van der Waals surface area (Å²) in [5.74, 6) is 0. The molecule has 120 valence electrons. The second-order valence-corrected chi connectivity index (χ2v) is 8.06. The Morgan fingerprint density at radius 1 is 0.875 bits per heavy atom. The van der Waals surface area contributed by atoms with Crippen LogP contribution >= 0.6 is 11.6 Å². The van der Waals surface area contributed by atoms with Gasteiger partial charge in [0.15, 0.2) is 0 Å². The van der Waals surface area contributed by atoms with E-state index in [1.165, 1.54) is 16.3 Å². The number of carbonyl (C=O) groups excluding carboxylic acids is 1. The van der Waals surface area contributed by atoms with E-state index in [1.807, 2.05) is 6.07 Å². The Hall–Kier alpha value is -2.12. The number of rotatable bonds is 1. The van der Waals surface area contributed by atoms with Gasteiger partial charge in [-0.05, 0) is 73.5 Å². The molecule has 0 saturated heterocycles. The molecule has 4 aromatic rings. The van der Waals surface area contributed by atoms with Crippen LogP contribution in [0, 0.1) is 6.92 Å². The molecule has 0 heterocycles. The van der Waals surface area contributed by atoms with E-state index in [1.54, 1.807) is 0 Å². The number of hydrogen-bond donors (Lipinski definition) is 0. The van der Waals surface area contributed by atoms with Crippen molar-refractivity contribution in [3.63, 3.8) is 0 Å². The van der Waals surface area contributed by atoms with Crippen LogP contribution in [0.3, 0.4) is 0 Å². The summed E-state index contributed by atoms with van der Waals surface area (Å²) in [5, 5.41) is 6.37. The Balaban J connectivity index is 2.29. The molecule has 0 fully saturated rings. The Morgan fingerprint density at radius 2 is 1.50 bits per heavy atom. The molecular formula is C22H19ClO. The van der Waals surface area contributed by atoms with Crippen LogP contribution in [0.15, 0.2) is 42.5 Å². The topological polar surface area (TPSA) is 17.1 Å².